The molecule has 2 aromatic carbocycles. The lowest BCUT2D eigenvalue weighted by Crippen LogP contribution is -2.45. The van der Waals surface area contributed by atoms with Crippen molar-refractivity contribution in [3.8, 4) is 5.75 Å². The van der Waals surface area contributed by atoms with E-state index in [0.29, 0.717) is 17.9 Å². The summed E-state index contributed by atoms with van der Waals surface area (Å²) in [5, 5.41) is 2.84. The molecule has 0 atom stereocenters. The third-order valence-electron chi connectivity index (χ3n) is 3.61. The Bertz CT molecular complexity index is 725. The van der Waals surface area contributed by atoms with Crippen LogP contribution in [0.2, 0.25) is 0 Å². The summed E-state index contributed by atoms with van der Waals surface area (Å²) in [6.07, 6.45) is 0.0967. The first-order chi connectivity index (χ1) is 11.9. The monoisotopic (exact) mass is 341 g/mol. The van der Waals surface area contributed by atoms with Crippen molar-refractivity contribution in [2.45, 2.75) is 32.4 Å². The molecule has 0 aliphatic rings. The van der Waals surface area contributed by atoms with Crippen LogP contribution >= 0.6 is 0 Å². The molecule has 0 saturated carbocycles. The van der Waals surface area contributed by atoms with E-state index in [9.17, 15) is 9.59 Å². The second-order valence-corrected chi connectivity index (χ2v) is 6.39. The van der Waals surface area contributed by atoms with Crippen molar-refractivity contribution in [3.05, 3.63) is 65.7 Å². The molecule has 0 spiro atoms. The Morgan fingerprint density at radius 3 is 2.44 bits per heavy atom. The average Bonchev–Trinajstić information content (AvgIpc) is 2.60. The number of esters is 1. The third-order valence-corrected chi connectivity index (χ3v) is 3.61. The molecule has 0 aliphatic carbocycles. The number of benzene rings is 2. The van der Waals surface area contributed by atoms with Crippen LogP contribution in [0.15, 0.2) is 54.6 Å². The summed E-state index contributed by atoms with van der Waals surface area (Å²) >= 11 is 0. The zero-order valence-electron chi connectivity index (χ0n) is 14.7. The molecule has 0 heterocycles. The van der Waals surface area contributed by atoms with Crippen molar-refractivity contribution in [2.75, 3.05) is 7.11 Å². The van der Waals surface area contributed by atoms with Crippen molar-refractivity contribution in [2.24, 2.45) is 0 Å². The van der Waals surface area contributed by atoms with Crippen molar-refractivity contribution >= 4 is 11.9 Å². The van der Waals surface area contributed by atoms with E-state index < -0.39 is 5.54 Å². The average molecular weight is 341 g/mol. The number of carbonyl (C=O) groups is 2. The van der Waals surface area contributed by atoms with Gasteiger partial charge in [0.15, 0.2) is 0 Å². The first-order valence-electron chi connectivity index (χ1n) is 8.06. The molecular weight excluding hydrogens is 318 g/mol. The maximum atomic E-state index is 12.4. The summed E-state index contributed by atoms with van der Waals surface area (Å²) < 4.78 is 10.4. The van der Waals surface area contributed by atoms with Crippen LogP contribution in [0.1, 0.15) is 36.2 Å². The Kier molecular flexibility index (Phi) is 6.17. The topological polar surface area (TPSA) is 64.6 Å². The van der Waals surface area contributed by atoms with Gasteiger partial charge >= 0.3 is 5.97 Å². The van der Waals surface area contributed by atoms with E-state index in [4.69, 9.17) is 4.74 Å². The molecule has 1 N–H and O–H groups in total. The Morgan fingerprint density at radius 2 is 1.76 bits per heavy atom. The minimum atomic E-state index is -0.703. The predicted octanol–water partition coefficient (Wildman–Crippen LogP) is 3.34. The summed E-state index contributed by atoms with van der Waals surface area (Å²) in [6, 6.07) is 16.8. The fourth-order valence-corrected chi connectivity index (χ4v) is 2.32. The van der Waals surface area contributed by atoms with Crippen LogP contribution in [-0.4, -0.2) is 24.5 Å². The molecule has 0 unspecified atom stereocenters. The Balaban J connectivity index is 2.00. The van der Waals surface area contributed by atoms with Gasteiger partial charge in [-0.3, -0.25) is 9.59 Å². The second kappa shape index (κ2) is 8.33. The maximum Gasteiger partial charge on any atom is 0.307 e. The van der Waals surface area contributed by atoms with Gasteiger partial charge in [-0.2, -0.15) is 0 Å². The highest BCUT2D eigenvalue weighted by Crippen LogP contribution is 2.17. The predicted molar refractivity (Wildman–Crippen MR) is 95.4 cm³/mol. The van der Waals surface area contributed by atoms with Gasteiger partial charge in [-0.25, -0.2) is 0 Å². The third kappa shape index (κ3) is 5.95. The van der Waals surface area contributed by atoms with Crippen LogP contribution in [0.3, 0.4) is 0 Å². The van der Waals surface area contributed by atoms with E-state index in [1.165, 1.54) is 7.11 Å². The van der Waals surface area contributed by atoms with Crippen molar-refractivity contribution in [3.63, 3.8) is 0 Å². The SMILES string of the molecule is COC(=O)CC(C)(C)NC(=O)c1cccc(OCc2ccccc2)c1. The van der Waals surface area contributed by atoms with E-state index in [2.05, 4.69) is 10.1 Å². The molecule has 2 rings (SSSR count). The van der Waals surface area contributed by atoms with Crippen molar-refractivity contribution in [1.29, 1.82) is 0 Å². The standard InChI is InChI=1S/C20H23NO4/c1-20(2,13-18(22)24-3)21-19(23)16-10-7-11-17(12-16)25-14-15-8-5-4-6-9-15/h4-12H,13-14H2,1-3H3,(H,21,23). The lowest BCUT2D eigenvalue weighted by atomic mass is 10.00. The van der Waals surface area contributed by atoms with E-state index in [1.807, 2.05) is 30.3 Å². The van der Waals surface area contributed by atoms with Crippen molar-refractivity contribution < 1.29 is 19.1 Å². The number of hydrogen-bond donors (Lipinski definition) is 1. The van der Waals surface area contributed by atoms with Gasteiger partial charge in [0.05, 0.1) is 13.5 Å². The van der Waals surface area contributed by atoms with Crippen LogP contribution in [-0.2, 0) is 16.1 Å². The molecule has 5 nitrogen and oxygen atoms in total. The summed E-state index contributed by atoms with van der Waals surface area (Å²) in [4.78, 5) is 23.9. The molecule has 0 bridgehead atoms. The van der Waals surface area contributed by atoms with Gasteiger partial charge in [-0.15, -0.1) is 0 Å². The van der Waals surface area contributed by atoms with Crippen molar-refractivity contribution in [1.82, 2.24) is 5.32 Å². The van der Waals surface area contributed by atoms with Gasteiger partial charge in [0, 0.05) is 11.1 Å². The van der Waals surface area contributed by atoms with E-state index in [1.54, 1.807) is 38.1 Å². The largest absolute Gasteiger partial charge is 0.489 e. The zero-order chi connectivity index (χ0) is 18.3. The highest BCUT2D eigenvalue weighted by atomic mass is 16.5. The Morgan fingerprint density at radius 1 is 1.04 bits per heavy atom. The van der Waals surface area contributed by atoms with Crippen LogP contribution in [0.5, 0.6) is 5.75 Å². The number of rotatable bonds is 7. The van der Waals surface area contributed by atoms with E-state index >= 15 is 0 Å². The quantitative estimate of drug-likeness (QED) is 0.785. The molecule has 5 heteroatoms. The van der Waals surface area contributed by atoms with Gasteiger partial charge < -0.3 is 14.8 Å². The number of nitrogens with one attached hydrogen (secondary N) is 1. The number of carbonyl (C=O) groups excluding carboxylic acids is 2. The molecule has 25 heavy (non-hydrogen) atoms. The highest BCUT2D eigenvalue weighted by Gasteiger charge is 2.25. The fraction of sp³-hybridized carbons (Fsp3) is 0.300. The fourth-order valence-electron chi connectivity index (χ4n) is 2.32. The van der Waals surface area contributed by atoms with Crippen LogP contribution in [0, 0.1) is 0 Å². The van der Waals surface area contributed by atoms with Gasteiger partial charge in [-0.1, -0.05) is 36.4 Å². The summed E-state index contributed by atoms with van der Waals surface area (Å²) in [6.45, 7) is 3.98. The van der Waals surface area contributed by atoms with Gasteiger partial charge in [0.2, 0.25) is 0 Å². The first-order valence-corrected chi connectivity index (χ1v) is 8.06. The number of hydrogen-bond acceptors (Lipinski definition) is 4. The molecule has 0 aromatic heterocycles. The van der Waals surface area contributed by atoms with E-state index in [0.717, 1.165) is 5.56 Å². The summed E-state index contributed by atoms with van der Waals surface area (Å²) in [7, 11) is 1.33. The lowest BCUT2D eigenvalue weighted by Gasteiger charge is -2.25. The number of amides is 1. The summed E-state index contributed by atoms with van der Waals surface area (Å²) in [5.41, 5.74) is 0.825. The maximum absolute atomic E-state index is 12.4. The van der Waals surface area contributed by atoms with E-state index in [-0.39, 0.29) is 18.3 Å². The minimum absolute atomic E-state index is 0.0967. The molecule has 0 aliphatic heterocycles. The van der Waals surface area contributed by atoms with Crippen LogP contribution in [0.25, 0.3) is 0 Å². The minimum Gasteiger partial charge on any atom is -0.489 e. The Hall–Kier alpha value is -2.82. The zero-order valence-corrected chi connectivity index (χ0v) is 14.7. The summed E-state index contributed by atoms with van der Waals surface area (Å²) in [5.74, 6) is -0.0217. The molecule has 0 fully saturated rings. The molecule has 1 amide bonds. The van der Waals surface area contributed by atoms with Gasteiger partial charge in [0.1, 0.15) is 12.4 Å². The lowest BCUT2D eigenvalue weighted by molar-refractivity contribution is -0.141. The molecule has 0 radical (unpaired) electrons. The highest BCUT2D eigenvalue weighted by molar-refractivity contribution is 5.95. The smallest absolute Gasteiger partial charge is 0.307 e. The first kappa shape index (κ1) is 18.5. The molecular formula is C20H23NO4. The number of ether oxygens (including phenoxy) is 2. The van der Waals surface area contributed by atoms with Gasteiger partial charge in [0.25, 0.3) is 5.91 Å². The second-order valence-electron chi connectivity index (χ2n) is 6.39. The molecule has 132 valence electrons. The molecule has 2 aromatic rings. The van der Waals surface area contributed by atoms with Gasteiger partial charge in [-0.05, 0) is 37.6 Å². The number of methoxy groups -OCH3 is 1. The molecule has 0 saturated heterocycles. The van der Waals surface area contributed by atoms with Crippen LogP contribution < -0.4 is 10.1 Å². The normalized spacial score (nSPS) is 10.8. The Labute approximate surface area is 148 Å². The van der Waals surface area contributed by atoms with Crippen LogP contribution in [0.4, 0.5) is 0 Å².